The van der Waals surface area contributed by atoms with Crippen molar-refractivity contribution in [1.29, 1.82) is 0 Å². The fraction of sp³-hybridized carbons (Fsp3) is 0. The van der Waals surface area contributed by atoms with E-state index in [2.05, 4.69) is 44.8 Å². The van der Waals surface area contributed by atoms with E-state index in [-0.39, 0.29) is 0 Å². The predicted molar refractivity (Wildman–Crippen MR) is 36.4 cm³/mol. The molecule has 0 N–H and O–H groups in total. The Bertz CT molecular complexity index is 99.1. The zero-order valence-corrected chi connectivity index (χ0v) is 8.61. The second-order valence-electron chi connectivity index (χ2n) is 0.781. The molecule has 0 aliphatic carbocycles. The topological polar surface area (TPSA) is 38.8 Å². The molecule has 8 heteroatoms. The normalized spacial score (nSPS) is 8.78. The average molecular weight is 269 g/mol. The molecule has 0 aromatic heterocycles. The molecular formula is CH3MoNO3S3. The number of thiol groups is 3. The summed E-state index contributed by atoms with van der Waals surface area (Å²) >= 11 is 9.21. The molecule has 0 spiro atoms. The average Bonchev–Trinajstić information content (AvgIpc) is 1.82. The van der Waals surface area contributed by atoms with Gasteiger partial charge in [0.2, 0.25) is 0 Å². The van der Waals surface area contributed by atoms with Crippen LogP contribution in [0.5, 0.6) is 0 Å². The van der Waals surface area contributed by atoms with Crippen molar-refractivity contribution in [3.8, 4) is 0 Å². The third kappa shape index (κ3) is 5.41. The number of carbonyl (C=O) groups is 1. The molecule has 1 amide bonds. The van der Waals surface area contributed by atoms with Gasteiger partial charge in [-0.15, -0.1) is 0 Å². The van der Waals surface area contributed by atoms with Crippen molar-refractivity contribution in [1.82, 2.24) is 3.71 Å². The molecule has 4 nitrogen and oxygen atoms in total. The fourth-order valence-electron chi connectivity index (χ4n) is 0.0777. The van der Waals surface area contributed by atoms with Crippen LogP contribution in [-0.4, -0.2) is 9.80 Å². The van der Waals surface area contributed by atoms with Crippen molar-refractivity contribution in [2.75, 3.05) is 0 Å². The Morgan fingerprint density at radius 2 is 2.11 bits per heavy atom. The molecule has 0 fully saturated rings. The molecule has 0 aromatic carbocycles. The van der Waals surface area contributed by atoms with Crippen molar-refractivity contribution in [3.63, 3.8) is 0 Å². The van der Waals surface area contributed by atoms with Crippen LogP contribution in [0.4, 0.5) is 4.79 Å². The minimum absolute atomic E-state index is 0.655. The van der Waals surface area contributed by atoms with E-state index in [4.69, 9.17) is 0 Å². The van der Waals surface area contributed by atoms with Crippen LogP contribution < -0.4 is 0 Å². The first-order valence-electron chi connectivity index (χ1n) is 1.55. The third-order valence-corrected chi connectivity index (χ3v) is 1.65. The first-order chi connectivity index (χ1) is 4.18. The van der Waals surface area contributed by atoms with Crippen LogP contribution in [0, 0.1) is 0 Å². The van der Waals surface area contributed by atoms with E-state index >= 15 is 0 Å². The van der Waals surface area contributed by atoms with Crippen LogP contribution in [0.25, 0.3) is 0 Å². The summed E-state index contributed by atoms with van der Waals surface area (Å²) < 4.78 is 9.39. The number of amides is 1. The van der Waals surface area contributed by atoms with Gasteiger partial charge in [-0.3, -0.25) is 0 Å². The number of hydrogen-bond acceptors (Lipinski definition) is 6. The third-order valence-electron chi connectivity index (χ3n) is 0.299. The molecule has 0 heterocycles. The van der Waals surface area contributed by atoms with Gasteiger partial charge in [0.05, 0.1) is 0 Å². The molecule has 0 bridgehead atoms. The molecular weight excluding hydrogens is 266 g/mol. The van der Waals surface area contributed by atoms with Crippen molar-refractivity contribution in [2.24, 2.45) is 0 Å². The summed E-state index contributed by atoms with van der Waals surface area (Å²) in [6.07, 6.45) is -0.655. The van der Waals surface area contributed by atoms with Crippen molar-refractivity contribution in [3.05, 3.63) is 0 Å². The van der Waals surface area contributed by atoms with E-state index in [0.29, 0.717) is 0 Å². The number of nitrogens with zero attached hydrogens (tertiary/aromatic N) is 1. The van der Waals surface area contributed by atoms with Gasteiger partial charge in [-0.2, -0.15) is 0 Å². The van der Waals surface area contributed by atoms with E-state index in [1.807, 2.05) is 0 Å². The van der Waals surface area contributed by atoms with E-state index in [9.17, 15) is 4.79 Å². The van der Waals surface area contributed by atoms with Gasteiger partial charge in [0, 0.05) is 0 Å². The zero-order valence-electron chi connectivity index (χ0n) is 3.92. The molecule has 0 aliphatic heterocycles. The summed E-state index contributed by atoms with van der Waals surface area (Å²) in [5, 5.41) is 0. The van der Waals surface area contributed by atoms with E-state index in [1.54, 1.807) is 0 Å². The van der Waals surface area contributed by atoms with Crippen LogP contribution in [0.15, 0.2) is 0 Å². The second kappa shape index (κ2) is 5.73. The molecule has 9 heavy (non-hydrogen) atoms. The first-order valence-corrected chi connectivity index (χ1v) is 4.35. The Balaban J connectivity index is 3.28. The van der Waals surface area contributed by atoms with E-state index < -0.39 is 25.4 Å². The van der Waals surface area contributed by atoms with Crippen molar-refractivity contribution < 1.29 is 30.3 Å². The molecule has 54 valence electrons. The molecule has 0 rings (SSSR count). The standard InChI is InChI=1S/CH3NO2S2.Mo.H2OS/c3-1(4)2(5)6;;1-2/h5-6H,(H,3,4);;1-2H/q;+2;/p-2. The first kappa shape index (κ1) is 9.97. The Kier molecular flexibility index (Phi) is 6.35. The number of carbonyl (C=O) groups excluding carboxylic acids is 1. The van der Waals surface area contributed by atoms with Gasteiger partial charge in [-0.1, -0.05) is 0 Å². The zero-order chi connectivity index (χ0) is 7.28. The van der Waals surface area contributed by atoms with Crippen molar-refractivity contribution in [2.45, 2.75) is 0 Å². The van der Waals surface area contributed by atoms with Gasteiger partial charge in [-0.05, 0) is 0 Å². The molecule has 0 saturated heterocycles. The number of hydrogen-bond donors (Lipinski definition) is 3. The monoisotopic (exact) mass is 271 g/mol. The molecule has 0 unspecified atom stereocenters. The SMILES string of the molecule is O=C([O][Mo][O]S)N(S)S. The molecule has 0 aliphatic rings. The maximum atomic E-state index is 10.4. The second-order valence-corrected chi connectivity index (χ2v) is 3.89. The quantitative estimate of drug-likeness (QED) is 0.396. The van der Waals surface area contributed by atoms with E-state index in [1.165, 1.54) is 0 Å². The maximum absolute atomic E-state index is 10.4. The Hall–Kier alpha value is 0.968. The van der Waals surface area contributed by atoms with Crippen LogP contribution in [0.3, 0.4) is 0 Å². The molecule has 0 aromatic rings. The van der Waals surface area contributed by atoms with Gasteiger partial charge in [0.1, 0.15) is 0 Å². The van der Waals surface area contributed by atoms with Crippen LogP contribution >= 0.6 is 38.5 Å². The Labute approximate surface area is 78.4 Å². The van der Waals surface area contributed by atoms with Crippen LogP contribution in [0.2, 0.25) is 0 Å². The van der Waals surface area contributed by atoms with E-state index in [0.717, 1.165) is 3.71 Å². The molecule has 0 radical (unpaired) electrons. The number of rotatable bonds is 2. The minimum atomic E-state index is -1.22. The van der Waals surface area contributed by atoms with Crippen molar-refractivity contribution >= 4 is 44.6 Å². The Morgan fingerprint density at radius 3 is 2.44 bits per heavy atom. The van der Waals surface area contributed by atoms with Gasteiger partial charge < -0.3 is 0 Å². The summed E-state index contributed by atoms with van der Waals surface area (Å²) in [6, 6.07) is 0. The Morgan fingerprint density at radius 1 is 1.56 bits per heavy atom. The summed E-state index contributed by atoms with van der Waals surface area (Å²) in [6.45, 7) is 0. The summed E-state index contributed by atoms with van der Waals surface area (Å²) in [5.74, 6) is 0. The van der Waals surface area contributed by atoms with Crippen LogP contribution in [-0.2, 0) is 25.5 Å². The summed E-state index contributed by atoms with van der Waals surface area (Å²) in [4.78, 5) is 10.4. The fourth-order valence-corrected chi connectivity index (χ4v) is 1.03. The molecule has 0 saturated carbocycles. The van der Waals surface area contributed by atoms with Gasteiger partial charge in [-0.25, -0.2) is 0 Å². The van der Waals surface area contributed by atoms with Gasteiger partial charge >= 0.3 is 78.7 Å². The van der Waals surface area contributed by atoms with Crippen LogP contribution in [0.1, 0.15) is 0 Å². The summed E-state index contributed by atoms with van der Waals surface area (Å²) in [7, 11) is 0. The predicted octanol–water partition coefficient (Wildman–Crippen LogP) is 0.889. The molecule has 0 atom stereocenters. The van der Waals surface area contributed by atoms with Gasteiger partial charge in [0.25, 0.3) is 0 Å². The summed E-state index contributed by atoms with van der Waals surface area (Å²) in [5.41, 5.74) is 0. The van der Waals surface area contributed by atoms with Gasteiger partial charge in [0.15, 0.2) is 0 Å².